The maximum atomic E-state index is 12.6. The summed E-state index contributed by atoms with van der Waals surface area (Å²) in [6, 6.07) is 6.89. The number of rotatable bonds is 11. The summed E-state index contributed by atoms with van der Waals surface area (Å²) >= 11 is 0. The molecule has 0 aliphatic carbocycles. The first-order valence-corrected chi connectivity index (χ1v) is 11.3. The summed E-state index contributed by atoms with van der Waals surface area (Å²) < 4.78 is 10.6. The molecule has 1 aliphatic rings. The molecule has 32 heavy (non-hydrogen) atoms. The van der Waals surface area contributed by atoms with Crippen molar-refractivity contribution in [2.45, 2.75) is 46.0 Å². The molecule has 0 saturated carbocycles. The van der Waals surface area contributed by atoms with Gasteiger partial charge in [-0.2, -0.15) is 0 Å². The fraction of sp³-hybridized carbons (Fsp3) is 0.583. The average molecular weight is 447 g/mol. The van der Waals surface area contributed by atoms with Gasteiger partial charge in [-0.3, -0.25) is 19.2 Å². The summed E-state index contributed by atoms with van der Waals surface area (Å²) in [5.74, 6) is -0.491. The molecule has 0 radical (unpaired) electrons. The van der Waals surface area contributed by atoms with Gasteiger partial charge in [0.2, 0.25) is 11.8 Å². The second-order valence-electron chi connectivity index (χ2n) is 7.98. The third-order valence-corrected chi connectivity index (χ3v) is 5.41. The molecular formula is C24H34N2O6. The third-order valence-electron chi connectivity index (χ3n) is 5.41. The van der Waals surface area contributed by atoms with E-state index in [2.05, 4.69) is 0 Å². The molecule has 2 amide bonds. The Morgan fingerprint density at radius 1 is 1.09 bits per heavy atom. The molecular weight excluding hydrogens is 412 g/mol. The van der Waals surface area contributed by atoms with Crippen LogP contribution in [-0.2, 0) is 19.1 Å². The van der Waals surface area contributed by atoms with E-state index in [0.717, 1.165) is 12.8 Å². The predicted octanol–water partition coefficient (Wildman–Crippen LogP) is 2.70. The number of piperidine rings is 1. The van der Waals surface area contributed by atoms with E-state index >= 15 is 0 Å². The molecule has 1 saturated heterocycles. The van der Waals surface area contributed by atoms with Crippen LogP contribution in [0.4, 0.5) is 0 Å². The summed E-state index contributed by atoms with van der Waals surface area (Å²) in [6.07, 6.45) is 2.43. The van der Waals surface area contributed by atoms with E-state index in [9.17, 15) is 19.2 Å². The van der Waals surface area contributed by atoms with Crippen molar-refractivity contribution in [3.8, 4) is 5.75 Å². The quantitative estimate of drug-likeness (QED) is 0.383. The topological polar surface area (TPSA) is 93.2 Å². The SMILES string of the molecule is CCCOc1ccc(C(=O)CCC(=O)N(C)CC(=O)N2CCCC(C(=O)OCC)C2)cc1. The van der Waals surface area contributed by atoms with Crippen LogP contribution >= 0.6 is 0 Å². The first kappa shape index (κ1) is 25.4. The van der Waals surface area contributed by atoms with Crippen molar-refractivity contribution in [3.05, 3.63) is 29.8 Å². The molecule has 1 aromatic rings. The molecule has 8 heteroatoms. The number of esters is 1. The molecule has 1 fully saturated rings. The van der Waals surface area contributed by atoms with E-state index in [4.69, 9.17) is 9.47 Å². The lowest BCUT2D eigenvalue weighted by Crippen LogP contribution is -2.47. The van der Waals surface area contributed by atoms with Crippen LogP contribution in [0.15, 0.2) is 24.3 Å². The number of hydrogen-bond acceptors (Lipinski definition) is 6. The molecule has 1 aromatic carbocycles. The summed E-state index contributed by atoms with van der Waals surface area (Å²) in [7, 11) is 1.55. The number of ketones is 1. The maximum absolute atomic E-state index is 12.6. The Bertz CT molecular complexity index is 792. The molecule has 0 N–H and O–H groups in total. The monoisotopic (exact) mass is 446 g/mol. The standard InChI is InChI=1S/C24H34N2O6/c1-4-15-32-20-10-8-18(9-11-20)21(27)12-13-22(28)25(3)17-23(29)26-14-6-7-19(16-26)24(30)31-5-2/h8-11,19H,4-7,12-17H2,1-3H3. The number of likely N-dealkylation sites (tertiary alicyclic amines) is 1. The fourth-order valence-corrected chi connectivity index (χ4v) is 3.56. The maximum Gasteiger partial charge on any atom is 0.310 e. The Labute approximate surface area is 189 Å². The van der Waals surface area contributed by atoms with Crippen LogP contribution in [0.1, 0.15) is 56.3 Å². The lowest BCUT2D eigenvalue weighted by atomic mass is 9.98. The van der Waals surface area contributed by atoms with Crippen LogP contribution in [-0.4, -0.2) is 73.3 Å². The van der Waals surface area contributed by atoms with Crippen molar-refractivity contribution < 1.29 is 28.7 Å². The first-order valence-electron chi connectivity index (χ1n) is 11.3. The van der Waals surface area contributed by atoms with Crippen molar-refractivity contribution in [2.24, 2.45) is 5.92 Å². The molecule has 0 spiro atoms. The number of likely N-dealkylation sites (N-methyl/N-ethyl adjacent to an activating group) is 1. The number of hydrogen-bond donors (Lipinski definition) is 0. The Kier molecular flexibility index (Phi) is 10.2. The van der Waals surface area contributed by atoms with E-state index in [-0.39, 0.29) is 48.9 Å². The van der Waals surface area contributed by atoms with Gasteiger partial charge in [0.15, 0.2) is 5.78 Å². The third kappa shape index (κ3) is 7.66. The molecule has 8 nitrogen and oxygen atoms in total. The van der Waals surface area contributed by atoms with Crippen molar-refractivity contribution >= 4 is 23.6 Å². The smallest absolute Gasteiger partial charge is 0.310 e. The lowest BCUT2D eigenvalue weighted by molar-refractivity contribution is -0.152. The van der Waals surface area contributed by atoms with E-state index in [1.54, 1.807) is 43.1 Å². The van der Waals surface area contributed by atoms with Crippen molar-refractivity contribution in [2.75, 3.05) is 39.9 Å². The molecule has 1 unspecified atom stereocenters. The van der Waals surface area contributed by atoms with Gasteiger partial charge in [-0.1, -0.05) is 6.92 Å². The van der Waals surface area contributed by atoms with Gasteiger partial charge in [0.05, 0.1) is 25.7 Å². The zero-order chi connectivity index (χ0) is 23.5. The zero-order valence-corrected chi connectivity index (χ0v) is 19.3. The lowest BCUT2D eigenvalue weighted by Gasteiger charge is -2.32. The Balaban J connectivity index is 1.79. The molecule has 1 atom stereocenters. The van der Waals surface area contributed by atoms with Crippen LogP contribution in [0, 0.1) is 5.92 Å². The minimum absolute atomic E-state index is 0.0299. The van der Waals surface area contributed by atoms with Crippen molar-refractivity contribution in [3.63, 3.8) is 0 Å². The number of ether oxygens (including phenoxy) is 2. The summed E-state index contributed by atoms with van der Waals surface area (Å²) in [5.41, 5.74) is 0.527. The zero-order valence-electron chi connectivity index (χ0n) is 19.3. The Morgan fingerprint density at radius 2 is 1.81 bits per heavy atom. The number of carbonyl (C=O) groups excluding carboxylic acids is 4. The highest BCUT2D eigenvalue weighted by atomic mass is 16.5. The summed E-state index contributed by atoms with van der Waals surface area (Å²) in [4.78, 5) is 52.3. The number of nitrogens with zero attached hydrogens (tertiary/aromatic N) is 2. The van der Waals surface area contributed by atoms with Crippen LogP contribution < -0.4 is 4.74 Å². The normalized spacial score (nSPS) is 15.7. The van der Waals surface area contributed by atoms with Crippen molar-refractivity contribution in [1.29, 1.82) is 0 Å². The van der Waals surface area contributed by atoms with Gasteiger partial charge < -0.3 is 19.3 Å². The van der Waals surface area contributed by atoms with E-state index in [0.29, 0.717) is 44.0 Å². The van der Waals surface area contributed by atoms with Gasteiger partial charge in [-0.05, 0) is 50.5 Å². The Hall–Kier alpha value is -2.90. The molecule has 1 heterocycles. The van der Waals surface area contributed by atoms with E-state index < -0.39 is 0 Å². The van der Waals surface area contributed by atoms with Crippen LogP contribution in [0.2, 0.25) is 0 Å². The first-order chi connectivity index (χ1) is 15.3. The minimum atomic E-state index is -0.315. The highest BCUT2D eigenvalue weighted by Gasteiger charge is 2.30. The number of amides is 2. The van der Waals surface area contributed by atoms with E-state index in [1.807, 2.05) is 6.92 Å². The molecule has 176 valence electrons. The highest BCUT2D eigenvalue weighted by molar-refractivity contribution is 5.98. The van der Waals surface area contributed by atoms with Crippen molar-refractivity contribution in [1.82, 2.24) is 9.80 Å². The van der Waals surface area contributed by atoms with Crippen LogP contribution in [0.5, 0.6) is 5.75 Å². The second-order valence-corrected chi connectivity index (χ2v) is 7.98. The highest BCUT2D eigenvalue weighted by Crippen LogP contribution is 2.18. The molecule has 0 bridgehead atoms. The largest absolute Gasteiger partial charge is 0.494 e. The van der Waals surface area contributed by atoms with Gasteiger partial charge in [0.1, 0.15) is 5.75 Å². The van der Waals surface area contributed by atoms with Crippen LogP contribution in [0.3, 0.4) is 0 Å². The van der Waals surface area contributed by atoms with Gasteiger partial charge >= 0.3 is 5.97 Å². The van der Waals surface area contributed by atoms with Gasteiger partial charge in [0, 0.05) is 38.5 Å². The number of Topliss-reactive ketones (excluding diaryl/α,β-unsaturated/α-hetero) is 1. The van der Waals surface area contributed by atoms with Gasteiger partial charge in [0.25, 0.3) is 0 Å². The average Bonchev–Trinajstić information content (AvgIpc) is 2.81. The summed E-state index contributed by atoms with van der Waals surface area (Å²) in [6.45, 7) is 5.51. The van der Waals surface area contributed by atoms with Gasteiger partial charge in [-0.15, -0.1) is 0 Å². The molecule has 2 rings (SSSR count). The minimum Gasteiger partial charge on any atom is -0.494 e. The molecule has 0 aromatic heterocycles. The van der Waals surface area contributed by atoms with Crippen LogP contribution in [0.25, 0.3) is 0 Å². The molecule has 1 aliphatic heterocycles. The second kappa shape index (κ2) is 12.8. The Morgan fingerprint density at radius 3 is 2.47 bits per heavy atom. The number of carbonyl (C=O) groups is 4. The fourth-order valence-electron chi connectivity index (χ4n) is 3.56. The van der Waals surface area contributed by atoms with E-state index in [1.165, 1.54) is 4.90 Å². The summed E-state index contributed by atoms with van der Waals surface area (Å²) in [5, 5.41) is 0. The number of benzene rings is 1. The van der Waals surface area contributed by atoms with Gasteiger partial charge in [-0.25, -0.2) is 0 Å². The predicted molar refractivity (Wildman–Crippen MR) is 119 cm³/mol.